The molecule has 4 rings (SSSR count). The zero-order valence-electron chi connectivity index (χ0n) is 16.7. The number of alkyl halides is 1. The van der Waals surface area contributed by atoms with Gasteiger partial charge in [-0.2, -0.15) is 0 Å². The Hall–Kier alpha value is -0.0100. The van der Waals surface area contributed by atoms with Crippen molar-refractivity contribution < 1.29 is 19.8 Å². The summed E-state index contributed by atoms with van der Waals surface area (Å²) in [4.78, 5) is 26.3. The third kappa shape index (κ3) is 2.52. The van der Waals surface area contributed by atoms with Gasteiger partial charge in [0.05, 0.1) is 10.5 Å². The van der Waals surface area contributed by atoms with Crippen LogP contribution in [0.15, 0.2) is 0 Å². The van der Waals surface area contributed by atoms with Crippen molar-refractivity contribution in [1.82, 2.24) is 0 Å². The summed E-state index contributed by atoms with van der Waals surface area (Å²) in [6.45, 7) is 6.29. The summed E-state index contributed by atoms with van der Waals surface area (Å²) in [5.41, 5.74) is -2.04. The molecule has 0 aliphatic heterocycles. The number of rotatable bonds is 2. The maximum atomic E-state index is 13.5. The number of hydrogen-bond donors (Lipinski definition) is 2. The van der Waals surface area contributed by atoms with E-state index in [0.717, 1.165) is 38.5 Å². The fourth-order valence-electron chi connectivity index (χ4n) is 8.08. The van der Waals surface area contributed by atoms with E-state index in [-0.39, 0.29) is 46.8 Å². The zero-order valence-corrected chi connectivity index (χ0v) is 18.9. The van der Waals surface area contributed by atoms with E-state index >= 15 is 0 Å². The maximum absolute atomic E-state index is 13.5. The maximum Gasteiger partial charge on any atom is 0.174 e. The van der Waals surface area contributed by atoms with Crippen LogP contribution in [0.2, 0.25) is 0 Å². The van der Waals surface area contributed by atoms with E-state index < -0.39 is 11.0 Å². The van der Waals surface area contributed by atoms with E-state index in [0.29, 0.717) is 16.8 Å². The topological polar surface area (TPSA) is 74.6 Å². The molecule has 4 aliphatic carbocycles. The Kier molecular flexibility index (Phi) is 4.88. The monoisotopic (exact) mass is 488 g/mol. The molecule has 0 spiro atoms. The van der Waals surface area contributed by atoms with Gasteiger partial charge in [0.15, 0.2) is 5.78 Å². The van der Waals surface area contributed by atoms with Crippen molar-refractivity contribution in [2.75, 3.05) is 4.43 Å². The van der Waals surface area contributed by atoms with Crippen molar-refractivity contribution in [2.45, 2.75) is 77.4 Å². The van der Waals surface area contributed by atoms with E-state index in [2.05, 4.69) is 6.92 Å². The average Bonchev–Trinajstić information content (AvgIpc) is 2.82. The lowest BCUT2D eigenvalue weighted by atomic mass is 9.44. The first kappa shape index (κ1) is 20.3. The van der Waals surface area contributed by atoms with Crippen LogP contribution in [0.1, 0.15) is 65.7 Å². The van der Waals surface area contributed by atoms with Crippen molar-refractivity contribution in [1.29, 1.82) is 0 Å². The zero-order chi connectivity index (χ0) is 19.8. The normalized spacial score (nSPS) is 54.8. The second-order valence-electron chi connectivity index (χ2n) is 10.5. The molecule has 5 heteroatoms. The molecule has 9 atom stereocenters. The quantitative estimate of drug-likeness (QED) is 0.461. The van der Waals surface area contributed by atoms with Gasteiger partial charge in [-0.3, -0.25) is 9.59 Å². The lowest BCUT2D eigenvalue weighted by Crippen LogP contribution is -2.62. The van der Waals surface area contributed by atoms with Crippen LogP contribution in [0, 0.1) is 40.4 Å². The van der Waals surface area contributed by atoms with Crippen LogP contribution in [-0.2, 0) is 9.59 Å². The molecule has 4 saturated carbocycles. The Morgan fingerprint density at radius 2 is 1.93 bits per heavy atom. The van der Waals surface area contributed by atoms with Gasteiger partial charge < -0.3 is 10.2 Å². The molecule has 2 N–H and O–H groups in total. The molecule has 0 aromatic carbocycles. The van der Waals surface area contributed by atoms with Gasteiger partial charge in [-0.15, -0.1) is 0 Å². The minimum absolute atomic E-state index is 0.0300. The van der Waals surface area contributed by atoms with Gasteiger partial charge in [0, 0.05) is 17.8 Å². The van der Waals surface area contributed by atoms with E-state index in [1.54, 1.807) is 0 Å². The predicted octanol–water partition coefficient (Wildman–Crippen LogP) is 3.55. The number of ketones is 2. The molecule has 0 aromatic heterocycles. The van der Waals surface area contributed by atoms with Crippen LogP contribution in [0.3, 0.4) is 0 Å². The fraction of sp³-hybridized carbons (Fsp3) is 0.909. The molecule has 4 fully saturated rings. The first-order valence-electron chi connectivity index (χ1n) is 10.6. The smallest absolute Gasteiger partial charge is 0.174 e. The fourth-order valence-corrected chi connectivity index (χ4v) is 8.66. The minimum atomic E-state index is -1.38. The molecular weight excluding hydrogens is 455 g/mol. The van der Waals surface area contributed by atoms with E-state index in [9.17, 15) is 19.8 Å². The number of carbonyl (C=O) groups excluding carboxylic acids is 2. The molecule has 0 amide bonds. The van der Waals surface area contributed by atoms with Gasteiger partial charge >= 0.3 is 0 Å². The highest BCUT2D eigenvalue weighted by molar-refractivity contribution is 14.1. The highest BCUT2D eigenvalue weighted by Crippen LogP contribution is 2.68. The standard InChI is InChI=1S/C22H33IO4/c1-12-8-16-15-5-4-13-9-14(24)6-7-20(13,2)19(15)17(25)10-21(16,3)22(12,27)18(26)11-23/h12-16,19,24,27H,4-11H2,1-3H3/t12-,13?,14-,15+,16+,19-,20+,21+,22+/m1/s1. The van der Waals surface area contributed by atoms with Crippen LogP contribution < -0.4 is 0 Å². The molecule has 4 nitrogen and oxygen atoms in total. The second-order valence-corrected chi connectivity index (χ2v) is 11.2. The van der Waals surface area contributed by atoms with Crippen LogP contribution in [0.4, 0.5) is 0 Å². The summed E-state index contributed by atoms with van der Waals surface area (Å²) < 4.78 is 0.293. The summed E-state index contributed by atoms with van der Waals surface area (Å²) >= 11 is 2.05. The molecule has 0 bridgehead atoms. The summed E-state index contributed by atoms with van der Waals surface area (Å²) in [5, 5.41) is 21.7. The highest BCUT2D eigenvalue weighted by Gasteiger charge is 2.70. The number of hydrogen-bond acceptors (Lipinski definition) is 4. The van der Waals surface area contributed by atoms with E-state index in [1.165, 1.54) is 0 Å². The number of aliphatic hydroxyl groups is 2. The minimum Gasteiger partial charge on any atom is -0.393 e. The lowest BCUT2D eigenvalue weighted by molar-refractivity contribution is -0.180. The van der Waals surface area contributed by atoms with Crippen LogP contribution in [0.25, 0.3) is 0 Å². The Morgan fingerprint density at radius 3 is 2.59 bits per heavy atom. The van der Waals surface area contributed by atoms with Gasteiger partial charge in [0.1, 0.15) is 11.4 Å². The summed E-state index contributed by atoms with van der Waals surface area (Å²) in [6, 6.07) is 0. The Bertz CT molecular complexity index is 665. The molecule has 1 unspecified atom stereocenters. The largest absolute Gasteiger partial charge is 0.393 e. The summed E-state index contributed by atoms with van der Waals surface area (Å²) in [7, 11) is 0. The molecule has 0 heterocycles. The molecule has 152 valence electrons. The first-order chi connectivity index (χ1) is 12.6. The Balaban J connectivity index is 1.73. The molecule has 0 saturated heterocycles. The SMILES string of the molecule is C[C@@H]1C[C@H]2[C@@H]3CCC4C[C@H](O)CC[C@]4(C)[C@H]3C(=O)C[C@]2(C)[C@@]1(O)C(=O)CI. The van der Waals surface area contributed by atoms with E-state index in [1.807, 2.05) is 36.4 Å². The van der Waals surface area contributed by atoms with Crippen molar-refractivity contribution in [2.24, 2.45) is 40.4 Å². The molecule has 27 heavy (non-hydrogen) atoms. The van der Waals surface area contributed by atoms with Gasteiger partial charge in [0.2, 0.25) is 0 Å². The third-order valence-electron chi connectivity index (χ3n) is 9.45. The van der Waals surface area contributed by atoms with Crippen molar-refractivity contribution in [3.05, 3.63) is 0 Å². The van der Waals surface area contributed by atoms with Crippen molar-refractivity contribution in [3.63, 3.8) is 0 Å². The molecule has 0 aromatic rings. The second kappa shape index (κ2) is 6.49. The molecule has 4 aliphatic rings. The highest BCUT2D eigenvalue weighted by atomic mass is 127. The Labute approximate surface area is 176 Å². The number of halogens is 1. The van der Waals surface area contributed by atoms with Crippen LogP contribution in [0.5, 0.6) is 0 Å². The van der Waals surface area contributed by atoms with Crippen molar-refractivity contribution >= 4 is 34.2 Å². The number of Topliss-reactive ketones (excluding diaryl/α,β-unsaturated/α-hetero) is 2. The average molecular weight is 488 g/mol. The van der Waals surface area contributed by atoms with Crippen LogP contribution in [-0.4, -0.2) is 37.9 Å². The third-order valence-corrected chi connectivity index (χ3v) is 10.1. The van der Waals surface area contributed by atoms with Crippen LogP contribution >= 0.6 is 22.6 Å². The van der Waals surface area contributed by atoms with Gasteiger partial charge in [0.25, 0.3) is 0 Å². The Morgan fingerprint density at radius 1 is 1.22 bits per heavy atom. The first-order valence-corrected chi connectivity index (χ1v) is 12.1. The summed E-state index contributed by atoms with van der Waals surface area (Å²) in [5.74, 6) is 1.02. The van der Waals surface area contributed by atoms with Crippen molar-refractivity contribution in [3.8, 4) is 0 Å². The molecule has 0 radical (unpaired) electrons. The number of aliphatic hydroxyl groups excluding tert-OH is 1. The predicted molar refractivity (Wildman–Crippen MR) is 112 cm³/mol. The van der Waals surface area contributed by atoms with Gasteiger partial charge in [-0.25, -0.2) is 0 Å². The number of fused-ring (bicyclic) bond motifs is 5. The van der Waals surface area contributed by atoms with E-state index in [4.69, 9.17) is 0 Å². The van der Waals surface area contributed by atoms with Gasteiger partial charge in [-0.05, 0) is 67.6 Å². The van der Waals surface area contributed by atoms with Gasteiger partial charge in [-0.1, -0.05) is 43.4 Å². The lowest BCUT2D eigenvalue weighted by Gasteiger charge is -2.60. The summed E-state index contributed by atoms with van der Waals surface area (Å²) in [6.07, 6.45) is 5.53. The molecular formula is C22H33IO4. The number of carbonyl (C=O) groups is 2.